The predicted molar refractivity (Wildman–Crippen MR) is 89.5 cm³/mol. The summed E-state index contributed by atoms with van der Waals surface area (Å²) in [6.45, 7) is 6.04. The number of phenolic OH excluding ortho intramolecular Hbond substituents is 1. The van der Waals surface area contributed by atoms with Crippen LogP contribution >= 0.6 is 29.0 Å². The van der Waals surface area contributed by atoms with Crippen LogP contribution in [0, 0.1) is 20.3 Å². The van der Waals surface area contributed by atoms with E-state index in [0.29, 0.717) is 5.69 Å². The van der Waals surface area contributed by atoms with Gasteiger partial charge >= 0.3 is 19.5 Å². The quantitative estimate of drug-likeness (QED) is 0.197. The van der Waals surface area contributed by atoms with Gasteiger partial charge in [-0.25, -0.2) is 0 Å². The summed E-state index contributed by atoms with van der Waals surface area (Å²) in [5.41, 5.74) is 9.38. The summed E-state index contributed by atoms with van der Waals surface area (Å²) >= 11 is 0. The normalized spacial score (nSPS) is 14.6. The number of rotatable bonds is 0. The number of aromatic hydroxyl groups is 1. The summed E-state index contributed by atoms with van der Waals surface area (Å²) in [6, 6.07) is 0. The molecule has 0 saturated carbocycles. The van der Waals surface area contributed by atoms with E-state index >= 15 is 0 Å². The number of fused-ring (bicyclic) bond motifs is 1. The fourth-order valence-electron chi connectivity index (χ4n) is 1.98. The van der Waals surface area contributed by atoms with Crippen molar-refractivity contribution in [3.63, 3.8) is 0 Å². The summed E-state index contributed by atoms with van der Waals surface area (Å²) in [5, 5.41) is 10.6. The SMILES string of the molecule is P.P.[CH2-]C1C=C[CH-]c2c(N)c(O)c(P)c(C)c21.[Rh+2].[Y]. The molecular weight excluding hydrogens is 459 g/mol. The van der Waals surface area contributed by atoms with E-state index < -0.39 is 0 Å². The Labute approximate surface area is 162 Å². The average molecular weight is 479 g/mol. The molecule has 4 atom stereocenters. The number of allylic oxidation sites excluding steroid dienone is 2. The first-order valence-electron chi connectivity index (χ1n) is 4.79. The predicted octanol–water partition coefficient (Wildman–Crippen LogP) is 1.93. The number of benzene rings is 1. The largest absolute Gasteiger partial charge is 2.00 e. The van der Waals surface area contributed by atoms with Crippen molar-refractivity contribution in [3.8, 4) is 5.75 Å². The van der Waals surface area contributed by atoms with Crippen LogP contribution in [0.4, 0.5) is 5.69 Å². The van der Waals surface area contributed by atoms with Gasteiger partial charge in [0.1, 0.15) is 5.75 Å². The smallest absolute Gasteiger partial charge is 0.515 e. The molecule has 3 N–H and O–H groups in total. The Morgan fingerprint density at radius 2 is 1.95 bits per heavy atom. The molecule has 1 aliphatic carbocycles. The summed E-state index contributed by atoms with van der Waals surface area (Å²) in [5.74, 6) is 0.266. The van der Waals surface area contributed by atoms with Gasteiger partial charge in [-0.05, 0) is 17.9 Å². The summed E-state index contributed by atoms with van der Waals surface area (Å²) in [6.07, 6.45) is 5.87. The van der Waals surface area contributed by atoms with Gasteiger partial charge in [0.05, 0.1) is 0 Å². The van der Waals surface area contributed by atoms with Crippen molar-refractivity contribution in [2.75, 3.05) is 5.73 Å². The second-order valence-corrected chi connectivity index (χ2v) is 4.36. The van der Waals surface area contributed by atoms with Crippen molar-refractivity contribution >= 4 is 40.0 Å². The molecule has 0 amide bonds. The standard InChI is InChI=1S/C12H14NOP.2H3P.Rh.Y/c1-6-4-3-5-8-9(6)7(2)12(15)11(14)10(8)13;;;;/h3-6,14H,1,13,15H2,2H3;2*1H3;;/q-2;;;+2;. The summed E-state index contributed by atoms with van der Waals surface area (Å²) < 4.78 is 0. The van der Waals surface area contributed by atoms with Crippen LogP contribution in [-0.4, -0.2) is 5.11 Å². The fourth-order valence-corrected chi connectivity index (χ4v) is 2.29. The number of nitrogen functional groups attached to an aromatic ring is 1. The van der Waals surface area contributed by atoms with E-state index in [2.05, 4.69) is 16.2 Å². The molecule has 0 fully saturated rings. The molecule has 0 bridgehead atoms. The first-order chi connectivity index (χ1) is 7.04. The van der Waals surface area contributed by atoms with Gasteiger partial charge in [0.25, 0.3) is 0 Å². The van der Waals surface area contributed by atoms with E-state index in [4.69, 9.17) is 5.73 Å². The molecule has 0 aromatic heterocycles. The van der Waals surface area contributed by atoms with E-state index in [1.807, 2.05) is 25.5 Å². The first-order valence-corrected chi connectivity index (χ1v) is 5.36. The molecule has 4 unspecified atom stereocenters. The van der Waals surface area contributed by atoms with Gasteiger partial charge < -0.3 is 17.8 Å². The second-order valence-electron chi connectivity index (χ2n) is 3.79. The van der Waals surface area contributed by atoms with Crippen LogP contribution in [0.3, 0.4) is 0 Å². The molecule has 0 aliphatic heterocycles. The topological polar surface area (TPSA) is 46.2 Å². The minimum absolute atomic E-state index is 0. The number of anilines is 1. The Kier molecular flexibility index (Phi) is 13.7. The van der Waals surface area contributed by atoms with Crippen LogP contribution in [-0.2, 0) is 52.2 Å². The van der Waals surface area contributed by atoms with Gasteiger partial charge in [-0.1, -0.05) is 5.56 Å². The van der Waals surface area contributed by atoms with Crippen LogP contribution in [0.2, 0.25) is 0 Å². The fraction of sp³-hybridized carbons (Fsp3) is 0.167. The third-order valence-electron chi connectivity index (χ3n) is 2.88. The average Bonchev–Trinajstić information content (AvgIpc) is 2.23. The van der Waals surface area contributed by atoms with Gasteiger partial charge in [0, 0.05) is 32.7 Å². The molecule has 0 heterocycles. The number of phenols is 1. The van der Waals surface area contributed by atoms with Crippen molar-refractivity contribution in [1.29, 1.82) is 0 Å². The molecule has 2 radical (unpaired) electrons. The third-order valence-corrected chi connectivity index (χ3v) is 3.58. The van der Waals surface area contributed by atoms with Gasteiger partial charge in [-0.2, -0.15) is 37.9 Å². The Morgan fingerprint density at radius 1 is 1.42 bits per heavy atom. The van der Waals surface area contributed by atoms with Gasteiger partial charge in [-0.15, -0.1) is 26.8 Å². The van der Waals surface area contributed by atoms with Crippen molar-refractivity contribution in [3.05, 3.63) is 42.2 Å². The maximum absolute atomic E-state index is 9.82. The molecule has 2 rings (SSSR count). The van der Waals surface area contributed by atoms with Crippen molar-refractivity contribution < 1.29 is 57.3 Å². The zero-order chi connectivity index (χ0) is 11.2. The van der Waals surface area contributed by atoms with Gasteiger partial charge in [0.15, 0.2) is 0 Å². The summed E-state index contributed by atoms with van der Waals surface area (Å²) in [4.78, 5) is 0. The molecule has 7 heteroatoms. The molecule has 1 aromatic rings. The molecule has 106 valence electrons. The number of hydrogen-bond donors (Lipinski definition) is 2. The van der Waals surface area contributed by atoms with E-state index in [1.165, 1.54) is 0 Å². The van der Waals surface area contributed by atoms with Crippen molar-refractivity contribution in [1.82, 2.24) is 0 Å². The van der Waals surface area contributed by atoms with Crippen LogP contribution in [0.25, 0.3) is 0 Å². The first kappa shape index (κ1) is 25.4. The van der Waals surface area contributed by atoms with Crippen molar-refractivity contribution in [2.45, 2.75) is 12.8 Å². The maximum atomic E-state index is 9.82. The minimum atomic E-state index is 0. The molecule has 0 spiro atoms. The Hall–Kier alpha value is 1.45. The van der Waals surface area contributed by atoms with E-state index in [1.54, 1.807) is 0 Å². The Morgan fingerprint density at radius 3 is 2.47 bits per heavy atom. The van der Waals surface area contributed by atoms with Crippen LogP contribution in [0.1, 0.15) is 22.6 Å². The molecule has 1 aromatic carbocycles. The second kappa shape index (κ2) is 10.2. The summed E-state index contributed by atoms with van der Waals surface area (Å²) in [7, 11) is 2.53. The zero-order valence-electron chi connectivity index (χ0n) is 10.9. The van der Waals surface area contributed by atoms with Crippen LogP contribution < -0.4 is 11.0 Å². The molecule has 1 aliphatic rings. The monoisotopic (exact) mass is 479 g/mol. The molecule has 19 heavy (non-hydrogen) atoms. The molecule has 0 saturated heterocycles. The molecule has 2 nitrogen and oxygen atoms in total. The molecular formula is C12H20NOP3RhY. The Bertz CT molecular complexity index is 469. The maximum Gasteiger partial charge on any atom is 2.00 e. The number of hydrogen-bond acceptors (Lipinski definition) is 2. The van der Waals surface area contributed by atoms with Crippen molar-refractivity contribution in [2.24, 2.45) is 0 Å². The van der Waals surface area contributed by atoms with E-state index in [9.17, 15) is 5.11 Å². The zero-order valence-corrected chi connectivity index (χ0v) is 19.4. The number of nitrogens with two attached hydrogens (primary N) is 1. The van der Waals surface area contributed by atoms with E-state index in [-0.39, 0.29) is 83.7 Å². The van der Waals surface area contributed by atoms with Gasteiger partial charge in [-0.3, -0.25) is 0 Å². The Balaban J connectivity index is -0.000000640. The van der Waals surface area contributed by atoms with E-state index in [0.717, 1.165) is 22.0 Å². The third kappa shape index (κ3) is 4.71. The minimum Gasteiger partial charge on any atom is -0.515 e. The van der Waals surface area contributed by atoms with Crippen LogP contribution in [0.15, 0.2) is 12.2 Å². The van der Waals surface area contributed by atoms with Crippen LogP contribution in [0.5, 0.6) is 5.75 Å². The van der Waals surface area contributed by atoms with Gasteiger partial charge in [0.2, 0.25) is 0 Å².